The molecule has 2 N–H and O–H groups in total. The lowest BCUT2D eigenvalue weighted by atomic mass is 10.3. The molecule has 0 fully saturated rings. The highest BCUT2D eigenvalue weighted by atomic mass is 16.6. The predicted octanol–water partition coefficient (Wildman–Crippen LogP) is 1.04. The van der Waals surface area contributed by atoms with Gasteiger partial charge in [0.2, 0.25) is 0 Å². The fourth-order valence-corrected chi connectivity index (χ4v) is 1.51. The molecule has 0 saturated carbocycles. The summed E-state index contributed by atoms with van der Waals surface area (Å²) in [6.07, 6.45) is 2.66. The van der Waals surface area contributed by atoms with Gasteiger partial charge < -0.3 is 9.40 Å². The molecule has 98 valence electrons. The summed E-state index contributed by atoms with van der Waals surface area (Å²) in [6.45, 7) is 1.74. The quantitative estimate of drug-likeness (QED) is 0.632. The Morgan fingerprint density at radius 1 is 1.26 bits per heavy atom. The first-order valence-corrected chi connectivity index (χ1v) is 5.23. The van der Waals surface area contributed by atoms with Crippen LogP contribution in [0.4, 0.5) is 5.69 Å². The van der Waals surface area contributed by atoms with Crippen LogP contribution in [0, 0.1) is 17.0 Å². The lowest BCUT2D eigenvalue weighted by Crippen LogP contribution is -2.25. The van der Waals surface area contributed by atoms with E-state index in [9.17, 15) is 19.7 Å². The van der Waals surface area contributed by atoms with Gasteiger partial charge in [-0.25, -0.2) is 4.79 Å². The minimum atomic E-state index is -1.05. The average Bonchev–Trinajstić information content (AvgIpc) is 2.71. The van der Waals surface area contributed by atoms with Gasteiger partial charge in [0.1, 0.15) is 17.2 Å². The van der Waals surface area contributed by atoms with Crippen LogP contribution < -0.4 is 11.2 Å². The molecule has 0 amide bonds. The summed E-state index contributed by atoms with van der Waals surface area (Å²) in [5.74, 6) is 1.13. The summed E-state index contributed by atoms with van der Waals surface area (Å²) in [7, 11) is 0. The minimum Gasteiger partial charge on any atom is -0.462 e. The molecular weight excluding hydrogens is 254 g/mol. The average molecular weight is 263 g/mol. The number of hydrogen-bond donors (Lipinski definition) is 2. The van der Waals surface area contributed by atoms with E-state index in [-0.39, 0.29) is 5.69 Å². The molecule has 0 aliphatic rings. The Morgan fingerprint density at radius 3 is 2.58 bits per heavy atom. The molecule has 0 saturated heterocycles. The summed E-state index contributed by atoms with van der Waals surface area (Å²) >= 11 is 0. The van der Waals surface area contributed by atoms with Crippen LogP contribution in [0.25, 0.3) is 12.2 Å². The second-order valence-corrected chi connectivity index (χ2v) is 3.71. The SMILES string of the molecule is Cc1ccc(/C=C\c2[nH]c(=O)[nH]c(=O)c2[N+](=O)[O-])o1. The van der Waals surface area contributed by atoms with E-state index in [0.717, 1.165) is 0 Å². The van der Waals surface area contributed by atoms with Crippen molar-refractivity contribution in [2.75, 3.05) is 0 Å². The molecule has 0 radical (unpaired) electrons. The number of aromatic nitrogens is 2. The topological polar surface area (TPSA) is 122 Å². The number of rotatable bonds is 3. The molecule has 2 aromatic heterocycles. The number of aromatic amines is 2. The highest BCUT2D eigenvalue weighted by molar-refractivity contribution is 5.69. The molecule has 0 aromatic carbocycles. The van der Waals surface area contributed by atoms with Crippen LogP contribution in [0.2, 0.25) is 0 Å². The van der Waals surface area contributed by atoms with E-state index in [1.54, 1.807) is 24.0 Å². The van der Waals surface area contributed by atoms with Crippen LogP contribution in [-0.4, -0.2) is 14.9 Å². The van der Waals surface area contributed by atoms with Crippen molar-refractivity contribution in [2.45, 2.75) is 6.92 Å². The highest BCUT2D eigenvalue weighted by Crippen LogP contribution is 2.14. The lowest BCUT2D eigenvalue weighted by molar-refractivity contribution is -0.386. The molecule has 8 nitrogen and oxygen atoms in total. The van der Waals surface area contributed by atoms with Gasteiger partial charge in [-0.15, -0.1) is 0 Å². The lowest BCUT2D eigenvalue weighted by Gasteiger charge is -1.95. The van der Waals surface area contributed by atoms with Gasteiger partial charge in [0, 0.05) is 0 Å². The zero-order valence-electron chi connectivity index (χ0n) is 9.80. The number of nitrogens with one attached hydrogen (secondary N) is 2. The summed E-state index contributed by atoms with van der Waals surface area (Å²) in [5, 5.41) is 10.8. The van der Waals surface area contributed by atoms with Crippen molar-refractivity contribution >= 4 is 17.8 Å². The van der Waals surface area contributed by atoms with E-state index in [2.05, 4.69) is 4.98 Å². The molecule has 0 unspecified atom stereocenters. The maximum absolute atomic E-state index is 11.3. The van der Waals surface area contributed by atoms with E-state index < -0.39 is 21.9 Å². The third-order valence-corrected chi connectivity index (χ3v) is 2.30. The van der Waals surface area contributed by atoms with Crippen molar-refractivity contribution in [3.05, 3.63) is 60.3 Å². The first-order chi connectivity index (χ1) is 8.97. The van der Waals surface area contributed by atoms with Crippen molar-refractivity contribution in [1.82, 2.24) is 9.97 Å². The van der Waals surface area contributed by atoms with Crippen LogP contribution in [0.3, 0.4) is 0 Å². The van der Waals surface area contributed by atoms with Crippen molar-refractivity contribution in [3.63, 3.8) is 0 Å². The number of nitrogens with zero attached hydrogens (tertiary/aromatic N) is 1. The van der Waals surface area contributed by atoms with Crippen LogP contribution in [0.1, 0.15) is 17.2 Å². The normalized spacial score (nSPS) is 11.0. The second kappa shape index (κ2) is 4.77. The Balaban J connectivity index is 2.50. The minimum absolute atomic E-state index is 0.187. The molecule has 0 spiro atoms. The molecule has 0 aliphatic carbocycles. The summed E-state index contributed by atoms with van der Waals surface area (Å²) in [4.78, 5) is 36.4. The fraction of sp³-hybridized carbons (Fsp3) is 0.0909. The smallest absolute Gasteiger partial charge is 0.357 e. The van der Waals surface area contributed by atoms with Gasteiger partial charge in [0.25, 0.3) is 0 Å². The van der Waals surface area contributed by atoms with Gasteiger partial charge in [0.15, 0.2) is 0 Å². The molecule has 2 heterocycles. The first-order valence-electron chi connectivity index (χ1n) is 5.23. The van der Waals surface area contributed by atoms with Crippen LogP contribution in [-0.2, 0) is 0 Å². The molecule has 19 heavy (non-hydrogen) atoms. The van der Waals surface area contributed by atoms with Crippen LogP contribution in [0.5, 0.6) is 0 Å². The maximum atomic E-state index is 11.3. The van der Waals surface area contributed by atoms with Crippen molar-refractivity contribution in [2.24, 2.45) is 0 Å². The van der Waals surface area contributed by atoms with Crippen molar-refractivity contribution < 1.29 is 9.34 Å². The van der Waals surface area contributed by atoms with Gasteiger partial charge in [-0.3, -0.25) is 19.9 Å². The van der Waals surface area contributed by atoms with Crippen LogP contribution in [0.15, 0.2) is 26.1 Å². The number of nitro groups is 1. The summed E-state index contributed by atoms with van der Waals surface area (Å²) < 4.78 is 5.23. The van der Waals surface area contributed by atoms with Gasteiger partial charge in [-0.1, -0.05) is 0 Å². The zero-order valence-corrected chi connectivity index (χ0v) is 9.80. The van der Waals surface area contributed by atoms with Crippen molar-refractivity contribution in [1.29, 1.82) is 0 Å². The fourth-order valence-electron chi connectivity index (χ4n) is 1.51. The second-order valence-electron chi connectivity index (χ2n) is 3.71. The zero-order chi connectivity index (χ0) is 14.0. The van der Waals surface area contributed by atoms with E-state index in [1.807, 2.05) is 0 Å². The van der Waals surface area contributed by atoms with Gasteiger partial charge >= 0.3 is 16.9 Å². The third-order valence-electron chi connectivity index (χ3n) is 2.30. The Kier molecular flexibility index (Phi) is 3.15. The number of aryl methyl sites for hydroxylation is 1. The van der Waals surface area contributed by atoms with Gasteiger partial charge in [0.05, 0.1) is 4.92 Å². The predicted molar refractivity (Wildman–Crippen MR) is 66.7 cm³/mol. The first kappa shape index (κ1) is 12.6. The number of furan rings is 1. The molecule has 2 aromatic rings. The molecule has 8 heteroatoms. The highest BCUT2D eigenvalue weighted by Gasteiger charge is 2.18. The van der Waals surface area contributed by atoms with E-state index in [4.69, 9.17) is 4.42 Å². The molecule has 0 atom stereocenters. The Bertz CT molecular complexity index is 765. The number of hydrogen-bond acceptors (Lipinski definition) is 5. The Morgan fingerprint density at radius 2 is 2.00 bits per heavy atom. The Labute approximate surface area is 105 Å². The van der Waals surface area contributed by atoms with Crippen molar-refractivity contribution in [3.8, 4) is 0 Å². The Hall–Kier alpha value is -2.90. The van der Waals surface area contributed by atoms with E-state index in [0.29, 0.717) is 11.5 Å². The number of H-pyrrole nitrogens is 2. The van der Waals surface area contributed by atoms with E-state index in [1.165, 1.54) is 12.2 Å². The molecule has 0 bridgehead atoms. The third kappa shape index (κ3) is 2.68. The maximum Gasteiger partial charge on any atom is 0.357 e. The molecule has 0 aliphatic heterocycles. The molecular formula is C11H9N3O5. The van der Waals surface area contributed by atoms with Gasteiger partial charge in [-0.2, -0.15) is 0 Å². The summed E-state index contributed by atoms with van der Waals surface area (Å²) in [5.41, 5.74) is -2.78. The monoisotopic (exact) mass is 263 g/mol. The standard InChI is InChI=1S/C11H9N3O5/c1-6-2-3-7(19-6)4-5-8-9(14(17)18)10(15)13-11(16)12-8/h2-5H,1H3,(H2,12,13,15,16)/b5-4-. The largest absolute Gasteiger partial charge is 0.462 e. The summed E-state index contributed by atoms with van der Waals surface area (Å²) in [6, 6.07) is 3.37. The van der Waals surface area contributed by atoms with Gasteiger partial charge in [-0.05, 0) is 31.2 Å². The molecule has 2 rings (SSSR count). The van der Waals surface area contributed by atoms with Crippen LogP contribution >= 0.6 is 0 Å². The van der Waals surface area contributed by atoms with E-state index >= 15 is 0 Å².